The van der Waals surface area contributed by atoms with Gasteiger partial charge in [0.15, 0.2) is 11.5 Å². The highest BCUT2D eigenvalue weighted by Gasteiger charge is 2.26. The molecule has 0 saturated carbocycles. The fraction of sp³-hybridized carbons (Fsp3) is 0.292. The topological polar surface area (TPSA) is 59.0 Å². The molecule has 31 heavy (non-hydrogen) atoms. The third kappa shape index (κ3) is 4.87. The van der Waals surface area contributed by atoms with E-state index in [0.717, 1.165) is 45.2 Å². The monoisotopic (exact) mass is 457 g/mol. The summed E-state index contributed by atoms with van der Waals surface area (Å²) in [5.41, 5.74) is 2.87. The highest BCUT2D eigenvalue weighted by Crippen LogP contribution is 2.53. The smallest absolute Gasteiger partial charge is 0.303 e. The molecular weight excluding hydrogens is 434 g/mol. The zero-order valence-electron chi connectivity index (χ0n) is 17.5. The molecule has 2 heterocycles. The van der Waals surface area contributed by atoms with Gasteiger partial charge in [0.05, 0.1) is 13.0 Å². The van der Waals surface area contributed by atoms with Gasteiger partial charge >= 0.3 is 5.97 Å². The van der Waals surface area contributed by atoms with Gasteiger partial charge in [0.2, 0.25) is 0 Å². The molecule has 5 nitrogen and oxygen atoms in total. The summed E-state index contributed by atoms with van der Waals surface area (Å²) in [4.78, 5) is 15.2. The molecule has 7 heteroatoms. The van der Waals surface area contributed by atoms with Crippen LogP contribution in [0.5, 0.6) is 17.2 Å². The number of para-hydroxylation sites is 1. The number of nitrogens with zero attached hydrogens (tertiary/aromatic N) is 1. The number of hydrogen-bond acceptors (Lipinski definition) is 5. The maximum absolute atomic E-state index is 11.1. The van der Waals surface area contributed by atoms with Crippen molar-refractivity contribution in [2.24, 2.45) is 0 Å². The van der Waals surface area contributed by atoms with Gasteiger partial charge in [-0.1, -0.05) is 29.8 Å². The van der Waals surface area contributed by atoms with Crippen LogP contribution in [-0.4, -0.2) is 43.2 Å². The van der Waals surface area contributed by atoms with Gasteiger partial charge in [-0.3, -0.25) is 4.79 Å². The molecule has 0 radical (unpaired) electrons. The van der Waals surface area contributed by atoms with Crippen LogP contribution in [0.4, 0.5) is 0 Å². The number of hydrogen-bond donors (Lipinski definition) is 1. The number of fused-ring (bicyclic) bond motifs is 5. The summed E-state index contributed by atoms with van der Waals surface area (Å²) in [5.74, 6) is 1.20. The van der Waals surface area contributed by atoms with Gasteiger partial charge < -0.3 is 19.5 Å². The Bertz CT molecular complexity index is 1110. The SMILES string of the molecule is CN(C)CCCOc1cc(Cl)cc2c1Oc1ccccc1-c1cc(CCC(=O)O)sc1-2. The minimum absolute atomic E-state index is 0.0974. The molecule has 1 aromatic heterocycles. The summed E-state index contributed by atoms with van der Waals surface area (Å²) in [6, 6.07) is 13.6. The first kappa shape index (κ1) is 21.7. The molecule has 0 unspecified atom stereocenters. The Kier molecular flexibility index (Phi) is 6.51. The van der Waals surface area contributed by atoms with E-state index >= 15 is 0 Å². The van der Waals surface area contributed by atoms with Crippen molar-refractivity contribution in [3.63, 3.8) is 0 Å². The molecule has 0 bridgehead atoms. The summed E-state index contributed by atoms with van der Waals surface area (Å²) in [6.07, 6.45) is 1.47. The van der Waals surface area contributed by atoms with Crippen LogP contribution >= 0.6 is 22.9 Å². The van der Waals surface area contributed by atoms with Crippen LogP contribution in [0.25, 0.3) is 21.6 Å². The van der Waals surface area contributed by atoms with Crippen LogP contribution in [0.15, 0.2) is 42.5 Å². The van der Waals surface area contributed by atoms with E-state index in [1.165, 1.54) is 0 Å². The first-order chi connectivity index (χ1) is 14.9. The Morgan fingerprint density at radius 1 is 1.16 bits per heavy atom. The van der Waals surface area contributed by atoms with Crippen molar-refractivity contribution < 1.29 is 19.4 Å². The van der Waals surface area contributed by atoms with E-state index in [1.807, 2.05) is 44.4 Å². The van der Waals surface area contributed by atoms with Gasteiger partial charge in [0, 0.05) is 44.1 Å². The van der Waals surface area contributed by atoms with Crippen molar-refractivity contribution >= 4 is 28.9 Å². The van der Waals surface area contributed by atoms with Gasteiger partial charge in [0.25, 0.3) is 0 Å². The molecule has 0 spiro atoms. The van der Waals surface area contributed by atoms with Gasteiger partial charge in [0.1, 0.15) is 5.75 Å². The van der Waals surface area contributed by atoms with E-state index in [-0.39, 0.29) is 6.42 Å². The van der Waals surface area contributed by atoms with Crippen molar-refractivity contribution in [1.29, 1.82) is 0 Å². The summed E-state index contributed by atoms with van der Waals surface area (Å²) >= 11 is 8.05. The van der Waals surface area contributed by atoms with E-state index < -0.39 is 5.97 Å². The van der Waals surface area contributed by atoms with Crippen LogP contribution in [0, 0.1) is 0 Å². The molecule has 0 fully saturated rings. The second kappa shape index (κ2) is 9.30. The zero-order chi connectivity index (χ0) is 22.0. The predicted molar refractivity (Wildman–Crippen MR) is 125 cm³/mol. The Morgan fingerprint density at radius 2 is 1.97 bits per heavy atom. The third-order valence-electron chi connectivity index (χ3n) is 5.03. The Labute approximate surface area is 190 Å². The molecule has 1 aliphatic rings. The molecule has 0 atom stereocenters. The minimum atomic E-state index is -0.802. The molecule has 162 valence electrons. The van der Waals surface area contributed by atoms with Gasteiger partial charge in [-0.15, -0.1) is 11.3 Å². The maximum Gasteiger partial charge on any atom is 0.303 e. The Morgan fingerprint density at radius 3 is 2.74 bits per heavy atom. The van der Waals surface area contributed by atoms with E-state index in [9.17, 15) is 4.79 Å². The number of aliphatic carboxylic acids is 1. The number of benzene rings is 2. The highest BCUT2D eigenvalue weighted by molar-refractivity contribution is 7.16. The number of carboxylic acid groups (broad SMARTS) is 1. The number of rotatable bonds is 8. The predicted octanol–water partition coefficient (Wildman–Crippen LogP) is 6.19. The highest BCUT2D eigenvalue weighted by atomic mass is 35.5. The average Bonchev–Trinajstić information content (AvgIpc) is 3.10. The molecule has 0 aliphatic carbocycles. The number of thiophene rings is 1. The molecule has 3 aromatic rings. The fourth-order valence-corrected chi connectivity index (χ4v) is 4.99. The summed E-state index contributed by atoms with van der Waals surface area (Å²) in [6.45, 7) is 1.48. The summed E-state index contributed by atoms with van der Waals surface area (Å²) in [5, 5.41) is 9.67. The van der Waals surface area contributed by atoms with Crippen LogP contribution in [0.1, 0.15) is 17.7 Å². The first-order valence-corrected chi connectivity index (χ1v) is 11.3. The average molecular weight is 458 g/mol. The number of carboxylic acids is 1. The van der Waals surface area contributed by atoms with E-state index in [2.05, 4.69) is 11.0 Å². The van der Waals surface area contributed by atoms with Gasteiger partial charge in [-0.25, -0.2) is 0 Å². The van der Waals surface area contributed by atoms with Crippen molar-refractivity contribution in [1.82, 2.24) is 4.90 Å². The van der Waals surface area contributed by atoms with Crippen molar-refractivity contribution in [3.8, 4) is 38.8 Å². The Balaban J connectivity index is 1.78. The van der Waals surface area contributed by atoms with E-state index in [4.69, 9.17) is 26.2 Å². The van der Waals surface area contributed by atoms with E-state index in [1.54, 1.807) is 17.4 Å². The molecular formula is C24H24ClNO4S. The van der Waals surface area contributed by atoms with Gasteiger partial charge in [-0.05, 0) is 45.1 Å². The molecule has 0 saturated heterocycles. The number of carbonyl (C=O) groups is 1. The quantitative estimate of drug-likeness (QED) is 0.320. The molecule has 0 amide bonds. The number of halogens is 1. The minimum Gasteiger partial charge on any atom is -0.490 e. The summed E-state index contributed by atoms with van der Waals surface area (Å²) in [7, 11) is 4.07. The zero-order valence-corrected chi connectivity index (χ0v) is 19.1. The molecule has 2 aromatic carbocycles. The van der Waals surface area contributed by atoms with Crippen molar-refractivity contribution in [2.75, 3.05) is 27.2 Å². The molecule has 1 N–H and O–H groups in total. The van der Waals surface area contributed by atoms with Crippen LogP contribution in [-0.2, 0) is 11.2 Å². The normalized spacial score (nSPS) is 11.9. The lowest BCUT2D eigenvalue weighted by Gasteiger charge is -2.16. The lowest BCUT2D eigenvalue weighted by molar-refractivity contribution is -0.136. The fourth-order valence-electron chi connectivity index (χ4n) is 3.60. The molecule has 1 aliphatic heterocycles. The summed E-state index contributed by atoms with van der Waals surface area (Å²) < 4.78 is 12.5. The van der Waals surface area contributed by atoms with Crippen LogP contribution < -0.4 is 9.47 Å². The lowest BCUT2D eigenvalue weighted by atomic mass is 10.0. The number of ether oxygens (including phenoxy) is 2. The number of aryl methyl sites for hydroxylation is 1. The van der Waals surface area contributed by atoms with Crippen molar-refractivity contribution in [3.05, 3.63) is 52.4 Å². The maximum atomic E-state index is 11.1. The van der Waals surface area contributed by atoms with Crippen LogP contribution in [0.3, 0.4) is 0 Å². The van der Waals surface area contributed by atoms with Crippen molar-refractivity contribution in [2.45, 2.75) is 19.3 Å². The standard InChI is InChI=1S/C24H24ClNO4S/c1-26(2)10-5-11-29-21-13-15(25)12-19-23(21)30-20-7-4-3-6-17(20)18-14-16(31-24(18)19)8-9-22(27)28/h3-4,6-7,12-14H,5,8-11H2,1-2H3,(H,27,28). The molecule has 4 rings (SSSR count). The largest absolute Gasteiger partial charge is 0.490 e. The Hall–Kier alpha value is -2.54. The first-order valence-electron chi connectivity index (χ1n) is 10.2. The second-order valence-electron chi connectivity index (χ2n) is 7.73. The third-order valence-corrected chi connectivity index (χ3v) is 6.48. The second-order valence-corrected chi connectivity index (χ2v) is 9.31. The van der Waals surface area contributed by atoms with E-state index in [0.29, 0.717) is 29.5 Å². The van der Waals surface area contributed by atoms with Gasteiger partial charge in [-0.2, -0.15) is 0 Å². The lowest BCUT2D eigenvalue weighted by Crippen LogP contribution is -2.15. The van der Waals surface area contributed by atoms with Crippen LogP contribution in [0.2, 0.25) is 5.02 Å².